The molecular formula is C23H26ClN3O6. The fraction of sp³-hybridized carbons (Fsp3) is 0.348. The van der Waals surface area contributed by atoms with Gasteiger partial charge in [-0.15, -0.1) is 0 Å². The van der Waals surface area contributed by atoms with Crippen molar-refractivity contribution in [1.29, 1.82) is 0 Å². The van der Waals surface area contributed by atoms with Crippen LogP contribution >= 0.6 is 11.6 Å². The molecule has 1 aromatic heterocycles. The summed E-state index contributed by atoms with van der Waals surface area (Å²) in [7, 11) is 1.22. The molecule has 0 spiro atoms. The average Bonchev–Trinajstić information content (AvgIpc) is 2.76. The van der Waals surface area contributed by atoms with E-state index in [0.717, 1.165) is 0 Å². The molecule has 0 radical (unpaired) electrons. The molecule has 9 nitrogen and oxygen atoms in total. The van der Waals surface area contributed by atoms with Gasteiger partial charge in [-0.2, -0.15) is 0 Å². The number of carbonyl (C=O) groups excluding carboxylic acids is 4. The molecule has 0 aliphatic rings. The number of nitrogens with zero attached hydrogens (tertiary/aromatic N) is 1. The van der Waals surface area contributed by atoms with Crippen LogP contribution in [0.1, 0.15) is 49.5 Å². The number of esters is 1. The van der Waals surface area contributed by atoms with Gasteiger partial charge in [0.25, 0.3) is 0 Å². The first-order valence-electron chi connectivity index (χ1n) is 10.1. The van der Waals surface area contributed by atoms with Gasteiger partial charge in [0, 0.05) is 35.0 Å². The SMILES string of the molecule is COC(=O)CC[C@H](NC(=O)OC(C)(C)C)C(=O)Nc1ccc(Cl)cc1C(=O)c1cccnc1. The second kappa shape index (κ2) is 11.4. The lowest BCUT2D eigenvalue weighted by Crippen LogP contribution is -2.46. The zero-order valence-corrected chi connectivity index (χ0v) is 19.6. The average molecular weight is 476 g/mol. The fourth-order valence-corrected chi connectivity index (χ4v) is 2.94. The Kier molecular flexibility index (Phi) is 8.93. The van der Waals surface area contributed by atoms with Gasteiger partial charge in [-0.3, -0.25) is 19.4 Å². The number of anilines is 1. The number of methoxy groups -OCH3 is 1. The quantitative estimate of drug-likeness (QED) is 0.440. The topological polar surface area (TPSA) is 124 Å². The summed E-state index contributed by atoms with van der Waals surface area (Å²) in [4.78, 5) is 53.7. The Morgan fingerprint density at radius 3 is 2.48 bits per heavy atom. The molecule has 0 aliphatic carbocycles. The van der Waals surface area contributed by atoms with E-state index < -0.39 is 35.4 Å². The van der Waals surface area contributed by atoms with Crippen LogP contribution in [0.25, 0.3) is 0 Å². The molecule has 33 heavy (non-hydrogen) atoms. The fourth-order valence-electron chi connectivity index (χ4n) is 2.77. The first kappa shape index (κ1) is 25.8. The maximum absolute atomic E-state index is 13.0. The minimum Gasteiger partial charge on any atom is -0.469 e. The second-order valence-electron chi connectivity index (χ2n) is 8.06. The number of hydrogen-bond donors (Lipinski definition) is 2. The van der Waals surface area contributed by atoms with Gasteiger partial charge in [0.15, 0.2) is 5.78 Å². The van der Waals surface area contributed by atoms with Crippen LogP contribution in [0.4, 0.5) is 10.5 Å². The number of ether oxygens (including phenoxy) is 2. The number of rotatable bonds is 8. The number of pyridine rings is 1. The third-order valence-corrected chi connectivity index (χ3v) is 4.52. The Balaban J connectivity index is 2.27. The molecule has 176 valence electrons. The molecule has 2 amide bonds. The van der Waals surface area contributed by atoms with Crippen LogP contribution in [0.2, 0.25) is 5.02 Å². The Labute approximate surface area is 196 Å². The molecule has 1 aromatic carbocycles. The van der Waals surface area contributed by atoms with Crippen molar-refractivity contribution in [2.45, 2.75) is 45.3 Å². The van der Waals surface area contributed by atoms with E-state index in [1.807, 2.05) is 0 Å². The minimum atomic E-state index is -1.13. The summed E-state index contributed by atoms with van der Waals surface area (Å²) in [5, 5.41) is 5.40. The Morgan fingerprint density at radius 1 is 1.15 bits per heavy atom. The van der Waals surface area contributed by atoms with E-state index in [-0.39, 0.29) is 24.1 Å². The van der Waals surface area contributed by atoms with Crippen molar-refractivity contribution < 1.29 is 28.7 Å². The van der Waals surface area contributed by atoms with Crippen LogP contribution in [0.15, 0.2) is 42.7 Å². The summed E-state index contributed by atoms with van der Waals surface area (Å²) < 4.78 is 9.83. The van der Waals surface area contributed by atoms with Crippen molar-refractivity contribution in [2.24, 2.45) is 0 Å². The first-order chi connectivity index (χ1) is 15.5. The number of nitrogens with one attached hydrogen (secondary N) is 2. The van der Waals surface area contributed by atoms with Gasteiger partial charge in [-0.25, -0.2) is 4.79 Å². The molecule has 0 fully saturated rings. The molecule has 0 bridgehead atoms. The van der Waals surface area contributed by atoms with E-state index in [2.05, 4.69) is 20.4 Å². The highest BCUT2D eigenvalue weighted by atomic mass is 35.5. The predicted molar refractivity (Wildman–Crippen MR) is 122 cm³/mol. The molecule has 0 saturated carbocycles. The number of hydrogen-bond acceptors (Lipinski definition) is 7. The lowest BCUT2D eigenvalue weighted by molar-refractivity contribution is -0.140. The molecule has 0 unspecified atom stereocenters. The normalized spacial score (nSPS) is 11.8. The molecule has 1 heterocycles. The van der Waals surface area contributed by atoms with E-state index in [1.165, 1.54) is 37.7 Å². The lowest BCUT2D eigenvalue weighted by atomic mass is 10.0. The van der Waals surface area contributed by atoms with Crippen molar-refractivity contribution >= 4 is 41.0 Å². The molecule has 2 N–H and O–H groups in total. The number of halogens is 1. The van der Waals surface area contributed by atoms with Gasteiger partial charge in [0.2, 0.25) is 5.91 Å². The van der Waals surface area contributed by atoms with Crippen molar-refractivity contribution in [3.63, 3.8) is 0 Å². The third kappa shape index (κ3) is 8.19. The number of benzene rings is 1. The zero-order chi connectivity index (χ0) is 24.6. The Hall–Kier alpha value is -3.46. The number of amides is 2. The Bertz CT molecular complexity index is 1020. The number of alkyl carbamates (subject to hydrolysis) is 1. The maximum atomic E-state index is 13.0. The van der Waals surface area contributed by atoms with Crippen molar-refractivity contribution in [2.75, 3.05) is 12.4 Å². The molecule has 0 aliphatic heterocycles. The summed E-state index contributed by atoms with van der Waals surface area (Å²) in [6, 6.07) is 6.50. The first-order valence-corrected chi connectivity index (χ1v) is 10.5. The molecule has 2 aromatic rings. The molecule has 2 rings (SSSR count). The second-order valence-corrected chi connectivity index (χ2v) is 8.50. The summed E-state index contributed by atoms with van der Waals surface area (Å²) in [5.41, 5.74) is -0.142. The maximum Gasteiger partial charge on any atom is 0.408 e. The minimum absolute atomic E-state index is 0.0444. The van der Waals surface area contributed by atoms with Crippen LogP contribution < -0.4 is 10.6 Å². The summed E-state index contributed by atoms with van der Waals surface area (Å²) in [6.45, 7) is 5.04. The largest absolute Gasteiger partial charge is 0.469 e. The van der Waals surface area contributed by atoms with Gasteiger partial charge >= 0.3 is 12.1 Å². The van der Waals surface area contributed by atoms with Gasteiger partial charge in [0.05, 0.1) is 12.8 Å². The smallest absolute Gasteiger partial charge is 0.408 e. The van der Waals surface area contributed by atoms with Gasteiger partial charge in [-0.1, -0.05) is 11.6 Å². The van der Waals surface area contributed by atoms with E-state index >= 15 is 0 Å². The molecule has 1 atom stereocenters. The van der Waals surface area contributed by atoms with E-state index in [0.29, 0.717) is 10.6 Å². The van der Waals surface area contributed by atoms with Gasteiger partial charge in [0.1, 0.15) is 11.6 Å². The standard InChI is InChI=1S/C23H26ClN3O6/c1-23(2,3)33-22(31)27-18(9-10-19(28)32-4)21(30)26-17-8-7-15(24)12-16(17)20(29)14-6-5-11-25-13-14/h5-8,11-13,18H,9-10H2,1-4H3,(H,26,30)(H,27,31)/t18-/m0/s1. The van der Waals surface area contributed by atoms with Crippen LogP contribution in [0.3, 0.4) is 0 Å². The van der Waals surface area contributed by atoms with Crippen molar-refractivity contribution in [3.05, 3.63) is 58.9 Å². The van der Waals surface area contributed by atoms with Gasteiger partial charge < -0.3 is 20.1 Å². The summed E-state index contributed by atoms with van der Waals surface area (Å²) in [5.74, 6) is -1.59. The van der Waals surface area contributed by atoms with Crippen LogP contribution in [-0.4, -0.2) is 47.5 Å². The van der Waals surface area contributed by atoms with E-state index in [1.54, 1.807) is 32.9 Å². The summed E-state index contributed by atoms with van der Waals surface area (Å²) >= 11 is 6.07. The number of aromatic nitrogens is 1. The predicted octanol–water partition coefficient (Wildman–Crippen LogP) is 3.75. The van der Waals surface area contributed by atoms with Crippen LogP contribution in [-0.2, 0) is 19.1 Å². The highest BCUT2D eigenvalue weighted by Crippen LogP contribution is 2.24. The monoisotopic (exact) mass is 475 g/mol. The lowest BCUT2D eigenvalue weighted by Gasteiger charge is -2.23. The van der Waals surface area contributed by atoms with Crippen LogP contribution in [0, 0.1) is 0 Å². The number of carbonyl (C=O) groups is 4. The van der Waals surface area contributed by atoms with Crippen molar-refractivity contribution in [3.8, 4) is 0 Å². The summed E-state index contributed by atoms with van der Waals surface area (Å²) in [6.07, 6.45) is 1.95. The highest BCUT2D eigenvalue weighted by Gasteiger charge is 2.26. The molecular weight excluding hydrogens is 450 g/mol. The Morgan fingerprint density at radius 2 is 1.88 bits per heavy atom. The third-order valence-electron chi connectivity index (χ3n) is 4.28. The highest BCUT2D eigenvalue weighted by molar-refractivity contribution is 6.31. The van der Waals surface area contributed by atoms with Crippen LogP contribution in [0.5, 0.6) is 0 Å². The van der Waals surface area contributed by atoms with E-state index in [4.69, 9.17) is 16.3 Å². The van der Waals surface area contributed by atoms with Crippen molar-refractivity contribution in [1.82, 2.24) is 10.3 Å². The zero-order valence-electron chi connectivity index (χ0n) is 18.8. The van der Waals surface area contributed by atoms with E-state index in [9.17, 15) is 19.2 Å². The number of ketones is 1. The molecule has 10 heteroatoms. The molecule has 0 saturated heterocycles. The van der Waals surface area contributed by atoms with Gasteiger partial charge in [-0.05, 0) is 57.5 Å².